The Kier molecular flexibility index (Phi) is 6.43. The highest BCUT2D eigenvalue weighted by atomic mass is 16.2. The van der Waals surface area contributed by atoms with E-state index in [-0.39, 0.29) is 0 Å². The second-order valence-electron chi connectivity index (χ2n) is 9.25. The zero-order chi connectivity index (χ0) is 18.0. The van der Waals surface area contributed by atoms with E-state index >= 15 is 0 Å². The summed E-state index contributed by atoms with van der Waals surface area (Å²) < 4.78 is 0. The molecule has 4 nitrogen and oxygen atoms in total. The second-order valence-corrected chi connectivity index (χ2v) is 9.25. The molecule has 2 heterocycles. The van der Waals surface area contributed by atoms with Crippen molar-refractivity contribution in [1.29, 1.82) is 0 Å². The van der Waals surface area contributed by atoms with Crippen LogP contribution in [0.15, 0.2) is 0 Å². The highest BCUT2D eigenvalue weighted by Gasteiger charge is 2.34. The van der Waals surface area contributed by atoms with Gasteiger partial charge in [-0.15, -0.1) is 0 Å². The number of hydrogen-bond donors (Lipinski definition) is 0. The number of likely N-dealkylation sites (tertiary alicyclic amines) is 1. The number of piperazine rings is 1. The first-order valence-electron chi connectivity index (χ1n) is 10.7. The van der Waals surface area contributed by atoms with Gasteiger partial charge in [0.05, 0.1) is 0 Å². The molecule has 0 spiro atoms. The lowest BCUT2D eigenvalue weighted by Gasteiger charge is -2.40. The largest absolute Gasteiger partial charge is 0.340 e. The number of carbonyl (C=O) groups excluding carboxylic acids is 1. The Morgan fingerprint density at radius 2 is 1.48 bits per heavy atom. The summed E-state index contributed by atoms with van der Waals surface area (Å²) in [6.45, 7) is 15.7. The highest BCUT2D eigenvalue weighted by Crippen LogP contribution is 2.34. The second kappa shape index (κ2) is 8.39. The van der Waals surface area contributed by atoms with Crippen molar-refractivity contribution in [2.75, 3.05) is 39.3 Å². The monoisotopic (exact) mass is 349 g/mol. The van der Waals surface area contributed by atoms with Gasteiger partial charge in [0, 0.05) is 57.3 Å². The van der Waals surface area contributed by atoms with Crippen molar-refractivity contribution in [3.05, 3.63) is 0 Å². The Hall–Kier alpha value is -0.610. The van der Waals surface area contributed by atoms with Gasteiger partial charge in [-0.25, -0.2) is 0 Å². The van der Waals surface area contributed by atoms with Crippen LogP contribution in [0.25, 0.3) is 0 Å². The maximum absolute atomic E-state index is 12.9. The quantitative estimate of drug-likeness (QED) is 0.780. The van der Waals surface area contributed by atoms with Crippen LogP contribution in [0.1, 0.15) is 59.8 Å². The van der Waals surface area contributed by atoms with Crippen LogP contribution in [0, 0.1) is 17.8 Å². The molecule has 2 saturated heterocycles. The molecule has 1 aliphatic carbocycles. The molecule has 25 heavy (non-hydrogen) atoms. The van der Waals surface area contributed by atoms with Gasteiger partial charge in [-0.3, -0.25) is 14.6 Å². The standard InChI is InChI=1S/C21H39N3O/c1-16(2)18-5-7-19(8-6-18)21(25)23-13-11-22(12-14-23)20-9-10-24(15-20)17(3)4/h16-20H,5-15H2,1-4H3. The molecule has 2 aliphatic heterocycles. The van der Waals surface area contributed by atoms with Gasteiger partial charge in [-0.2, -0.15) is 0 Å². The third-order valence-electron chi connectivity index (χ3n) is 7.13. The summed E-state index contributed by atoms with van der Waals surface area (Å²) in [5, 5.41) is 0. The van der Waals surface area contributed by atoms with Crippen molar-refractivity contribution in [2.45, 2.75) is 71.9 Å². The SMILES string of the molecule is CC(C)C1CCC(C(=O)N2CCN(C3CCN(C(C)C)C3)CC2)CC1. The van der Waals surface area contributed by atoms with Crippen LogP contribution in [0.4, 0.5) is 0 Å². The zero-order valence-corrected chi connectivity index (χ0v) is 16.9. The molecule has 0 bridgehead atoms. The van der Waals surface area contributed by atoms with Gasteiger partial charge in [0.25, 0.3) is 0 Å². The lowest BCUT2D eigenvalue weighted by atomic mass is 9.76. The van der Waals surface area contributed by atoms with Crippen LogP contribution < -0.4 is 0 Å². The van der Waals surface area contributed by atoms with Crippen LogP contribution in [-0.2, 0) is 4.79 Å². The molecule has 0 aromatic rings. The van der Waals surface area contributed by atoms with E-state index in [1.165, 1.54) is 32.4 Å². The molecule has 0 aromatic carbocycles. The minimum atomic E-state index is 0.310. The topological polar surface area (TPSA) is 26.8 Å². The van der Waals surface area contributed by atoms with Crippen LogP contribution in [0.5, 0.6) is 0 Å². The van der Waals surface area contributed by atoms with Gasteiger partial charge in [0.1, 0.15) is 0 Å². The first-order chi connectivity index (χ1) is 12.0. The van der Waals surface area contributed by atoms with Gasteiger partial charge in [-0.05, 0) is 57.8 Å². The fraction of sp³-hybridized carbons (Fsp3) is 0.952. The molecule has 144 valence electrons. The predicted molar refractivity (Wildman–Crippen MR) is 104 cm³/mol. The van der Waals surface area contributed by atoms with Crippen molar-refractivity contribution in [3.63, 3.8) is 0 Å². The molecule has 1 unspecified atom stereocenters. The van der Waals surface area contributed by atoms with E-state index in [2.05, 4.69) is 42.4 Å². The Bertz CT molecular complexity index is 434. The van der Waals surface area contributed by atoms with E-state index < -0.39 is 0 Å². The summed E-state index contributed by atoms with van der Waals surface area (Å²) >= 11 is 0. The minimum Gasteiger partial charge on any atom is -0.340 e. The summed E-state index contributed by atoms with van der Waals surface area (Å²) in [5.74, 6) is 2.38. The lowest BCUT2D eigenvalue weighted by molar-refractivity contribution is -0.139. The molecular formula is C21H39N3O. The van der Waals surface area contributed by atoms with Crippen LogP contribution in [-0.4, -0.2) is 72.0 Å². The Morgan fingerprint density at radius 3 is 2.00 bits per heavy atom. The molecule has 0 aromatic heterocycles. The molecule has 4 heteroatoms. The van der Waals surface area contributed by atoms with E-state index in [0.29, 0.717) is 23.9 Å². The van der Waals surface area contributed by atoms with Gasteiger partial charge in [-0.1, -0.05) is 13.8 Å². The molecule has 3 aliphatic rings. The van der Waals surface area contributed by atoms with E-state index in [9.17, 15) is 4.79 Å². The smallest absolute Gasteiger partial charge is 0.225 e. The fourth-order valence-electron chi connectivity index (χ4n) is 5.13. The predicted octanol–water partition coefficient (Wildman–Crippen LogP) is 3.08. The summed E-state index contributed by atoms with van der Waals surface area (Å²) in [7, 11) is 0. The maximum Gasteiger partial charge on any atom is 0.225 e. The molecule has 1 amide bonds. The summed E-state index contributed by atoms with van der Waals surface area (Å²) in [5.41, 5.74) is 0. The normalized spacial score (nSPS) is 32.7. The number of amides is 1. The van der Waals surface area contributed by atoms with Gasteiger partial charge in [0.15, 0.2) is 0 Å². The first-order valence-corrected chi connectivity index (χ1v) is 10.7. The van der Waals surface area contributed by atoms with Crippen LogP contribution in [0.2, 0.25) is 0 Å². The molecule has 0 N–H and O–H groups in total. The lowest BCUT2D eigenvalue weighted by Crippen LogP contribution is -2.54. The third-order valence-corrected chi connectivity index (χ3v) is 7.13. The number of rotatable bonds is 4. The summed E-state index contributed by atoms with van der Waals surface area (Å²) in [6, 6.07) is 1.37. The van der Waals surface area contributed by atoms with Gasteiger partial charge >= 0.3 is 0 Å². The van der Waals surface area contributed by atoms with E-state index in [4.69, 9.17) is 0 Å². The first kappa shape index (κ1) is 19.2. The fourth-order valence-corrected chi connectivity index (χ4v) is 5.13. The van der Waals surface area contributed by atoms with Crippen molar-refractivity contribution < 1.29 is 4.79 Å². The molecule has 0 radical (unpaired) electrons. The van der Waals surface area contributed by atoms with E-state index in [1.54, 1.807) is 0 Å². The molecular weight excluding hydrogens is 310 g/mol. The van der Waals surface area contributed by atoms with Gasteiger partial charge in [0.2, 0.25) is 5.91 Å². The Labute approximate surface area is 154 Å². The van der Waals surface area contributed by atoms with Crippen molar-refractivity contribution in [1.82, 2.24) is 14.7 Å². The Balaban J connectivity index is 1.42. The molecule has 3 rings (SSSR count). The molecule has 1 atom stereocenters. The summed E-state index contributed by atoms with van der Waals surface area (Å²) in [4.78, 5) is 20.3. The molecule has 3 fully saturated rings. The minimum absolute atomic E-state index is 0.310. The van der Waals surface area contributed by atoms with Crippen molar-refractivity contribution >= 4 is 5.91 Å². The maximum atomic E-state index is 12.9. The van der Waals surface area contributed by atoms with E-state index in [0.717, 1.165) is 50.9 Å². The third kappa shape index (κ3) is 4.57. The summed E-state index contributed by atoms with van der Waals surface area (Å²) in [6.07, 6.45) is 6.04. The van der Waals surface area contributed by atoms with E-state index in [1.807, 2.05) is 0 Å². The van der Waals surface area contributed by atoms with Crippen molar-refractivity contribution in [3.8, 4) is 0 Å². The highest BCUT2D eigenvalue weighted by molar-refractivity contribution is 5.79. The number of hydrogen-bond acceptors (Lipinski definition) is 3. The van der Waals surface area contributed by atoms with Gasteiger partial charge < -0.3 is 4.90 Å². The van der Waals surface area contributed by atoms with Crippen LogP contribution >= 0.6 is 0 Å². The number of carbonyl (C=O) groups is 1. The number of nitrogens with zero attached hydrogens (tertiary/aromatic N) is 3. The van der Waals surface area contributed by atoms with Crippen molar-refractivity contribution in [2.24, 2.45) is 17.8 Å². The van der Waals surface area contributed by atoms with Crippen LogP contribution in [0.3, 0.4) is 0 Å². The average molecular weight is 350 g/mol. The Morgan fingerprint density at radius 1 is 0.840 bits per heavy atom. The average Bonchev–Trinajstić information content (AvgIpc) is 3.12. The molecule has 1 saturated carbocycles. The zero-order valence-electron chi connectivity index (χ0n) is 16.9.